The Bertz CT molecular complexity index is 490. The van der Waals surface area contributed by atoms with Gasteiger partial charge in [0, 0.05) is 19.4 Å². The summed E-state index contributed by atoms with van der Waals surface area (Å²) in [5, 5.41) is 27.7. The van der Waals surface area contributed by atoms with Crippen LogP contribution >= 0.6 is 0 Å². The molecule has 0 atom stereocenters. The van der Waals surface area contributed by atoms with Crippen LogP contribution in [0.3, 0.4) is 0 Å². The van der Waals surface area contributed by atoms with Gasteiger partial charge in [-0.2, -0.15) is 0 Å². The van der Waals surface area contributed by atoms with E-state index in [2.05, 4.69) is 15.5 Å². The van der Waals surface area contributed by atoms with Crippen LogP contribution in [-0.4, -0.2) is 54.8 Å². The van der Waals surface area contributed by atoms with Crippen LogP contribution in [0.4, 0.5) is 5.82 Å². The van der Waals surface area contributed by atoms with Gasteiger partial charge in [0.1, 0.15) is 0 Å². The fourth-order valence-corrected chi connectivity index (χ4v) is 1.92. The van der Waals surface area contributed by atoms with Crippen molar-refractivity contribution in [3.05, 3.63) is 11.6 Å². The van der Waals surface area contributed by atoms with Crippen molar-refractivity contribution in [1.29, 1.82) is 0 Å². The maximum absolute atomic E-state index is 11.4. The lowest BCUT2D eigenvalue weighted by atomic mass is 10.1. The highest BCUT2D eigenvalue weighted by atomic mass is 32.2. The van der Waals surface area contributed by atoms with Gasteiger partial charge < -0.3 is 15.5 Å². The predicted octanol–water partition coefficient (Wildman–Crippen LogP) is -0.791. The zero-order chi connectivity index (χ0) is 13.6. The Morgan fingerprint density at radius 1 is 1.28 bits per heavy atom. The second-order valence-electron chi connectivity index (χ2n) is 3.81. The number of aliphatic hydroxyl groups excluding tert-OH is 2. The predicted molar refractivity (Wildman–Crippen MR) is 66.1 cm³/mol. The molecule has 0 unspecified atom stereocenters. The number of rotatable bonds is 7. The van der Waals surface area contributed by atoms with Gasteiger partial charge in [0.05, 0.1) is 6.61 Å². The van der Waals surface area contributed by atoms with E-state index in [1.165, 1.54) is 6.07 Å². The van der Waals surface area contributed by atoms with E-state index >= 15 is 0 Å². The molecule has 0 bridgehead atoms. The number of anilines is 1. The van der Waals surface area contributed by atoms with Crippen LogP contribution in [-0.2, 0) is 16.3 Å². The monoisotopic (exact) mass is 275 g/mol. The number of aromatic nitrogens is 2. The molecule has 1 rings (SSSR count). The molecule has 0 fully saturated rings. The molecule has 18 heavy (non-hydrogen) atoms. The number of hydrogen-bond donors (Lipinski definition) is 3. The lowest BCUT2D eigenvalue weighted by molar-refractivity contribution is 0.288. The van der Waals surface area contributed by atoms with Crippen LogP contribution in [0.1, 0.15) is 12.0 Å². The van der Waals surface area contributed by atoms with Gasteiger partial charge in [-0.25, -0.2) is 8.42 Å². The molecule has 0 radical (unpaired) electrons. The van der Waals surface area contributed by atoms with Gasteiger partial charge in [0.2, 0.25) is 0 Å². The largest absolute Gasteiger partial charge is 0.396 e. The van der Waals surface area contributed by atoms with Crippen molar-refractivity contribution in [2.75, 3.05) is 31.3 Å². The molecule has 0 spiro atoms. The first-order valence-corrected chi connectivity index (χ1v) is 7.40. The second kappa shape index (κ2) is 6.62. The SMILES string of the molecule is CS(=O)(=O)c1cc(CCCO)c(NCCO)nn1. The van der Waals surface area contributed by atoms with Crippen LogP contribution in [0.2, 0.25) is 0 Å². The molecule has 7 nitrogen and oxygen atoms in total. The molecule has 0 saturated carbocycles. The Hall–Kier alpha value is -1.25. The van der Waals surface area contributed by atoms with Crippen LogP contribution in [0.25, 0.3) is 0 Å². The van der Waals surface area contributed by atoms with Gasteiger partial charge in [-0.1, -0.05) is 0 Å². The van der Waals surface area contributed by atoms with Gasteiger partial charge in [0.25, 0.3) is 0 Å². The van der Waals surface area contributed by atoms with Crippen LogP contribution < -0.4 is 5.32 Å². The molecule has 0 saturated heterocycles. The summed E-state index contributed by atoms with van der Waals surface area (Å²) in [5.41, 5.74) is 0.660. The third kappa shape index (κ3) is 4.21. The highest BCUT2D eigenvalue weighted by molar-refractivity contribution is 7.90. The van der Waals surface area contributed by atoms with Crippen molar-refractivity contribution in [3.63, 3.8) is 0 Å². The number of sulfone groups is 1. The first-order chi connectivity index (χ1) is 8.49. The fraction of sp³-hybridized carbons (Fsp3) is 0.600. The van der Waals surface area contributed by atoms with Gasteiger partial charge in [-0.15, -0.1) is 10.2 Å². The Morgan fingerprint density at radius 2 is 2.00 bits per heavy atom. The highest BCUT2D eigenvalue weighted by Gasteiger charge is 2.13. The molecule has 0 aliphatic carbocycles. The third-order valence-corrected chi connectivity index (χ3v) is 3.20. The van der Waals surface area contributed by atoms with E-state index in [1.807, 2.05) is 0 Å². The van der Waals surface area contributed by atoms with E-state index in [9.17, 15) is 8.42 Å². The maximum atomic E-state index is 11.4. The molecule has 8 heteroatoms. The lowest BCUT2D eigenvalue weighted by Crippen LogP contribution is -2.12. The summed E-state index contributed by atoms with van der Waals surface area (Å²) < 4.78 is 22.7. The number of nitrogens with one attached hydrogen (secondary N) is 1. The Morgan fingerprint density at radius 3 is 2.56 bits per heavy atom. The van der Waals surface area contributed by atoms with E-state index in [1.54, 1.807) is 0 Å². The van der Waals surface area contributed by atoms with Crippen molar-refractivity contribution in [3.8, 4) is 0 Å². The number of aliphatic hydroxyl groups is 2. The zero-order valence-corrected chi connectivity index (χ0v) is 10.9. The van der Waals surface area contributed by atoms with E-state index in [-0.39, 0.29) is 18.2 Å². The molecule has 1 heterocycles. The quantitative estimate of drug-likeness (QED) is 0.597. The molecular weight excluding hydrogens is 258 g/mol. The highest BCUT2D eigenvalue weighted by Crippen LogP contribution is 2.16. The average molecular weight is 275 g/mol. The third-order valence-electron chi connectivity index (χ3n) is 2.24. The first kappa shape index (κ1) is 14.8. The minimum atomic E-state index is -3.40. The number of hydrogen-bond acceptors (Lipinski definition) is 7. The molecule has 102 valence electrons. The molecule has 0 aliphatic rings. The van der Waals surface area contributed by atoms with Crippen molar-refractivity contribution < 1.29 is 18.6 Å². The zero-order valence-electron chi connectivity index (χ0n) is 10.1. The number of nitrogens with zero attached hydrogens (tertiary/aromatic N) is 2. The molecule has 0 aromatic carbocycles. The van der Waals surface area contributed by atoms with E-state index in [0.29, 0.717) is 30.8 Å². The molecule has 0 aliphatic heterocycles. The molecule has 1 aromatic heterocycles. The van der Waals surface area contributed by atoms with Crippen molar-refractivity contribution in [2.45, 2.75) is 17.9 Å². The molecule has 1 aromatic rings. The van der Waals surface area contributed by atoms with E-state index < -0.39 is 9.84 Å². The molecule has 0 amide bonds. The normalized spacial score (nSPS) is 11.5. The summed E-state index contributed by atoms with van der Waals surface area (Å²) in [6.45, 7) is 0.254. The maximum Gasteiger partial charge on any atom is 0.194 e. The summed E-state index contributed by atoms with van der Waals surface area (Å²) >= 11 is 0. The lowest BCUT2D eigenvalue weighted by Gasteiger charge is -2.10. The van der Waals surface area contributed by atoms with Gasteiger partial charge in [-0.3, -0.25) is 0 Å². The average Bonchev–Trinajstić information content (AvgIpc) is 2.33. The fourth-order valence-electron chi connectivity index (χ4n) is 1.37. The summed E-state index contributed by atoms with van der Waals surface area (Å²) in [5.74, 6) is 0.435. The summed E-state index contributed by atoms with van der Waals surface area (Å²) in [6, 6.07) is 1.44. The molecular formula is C10H17N3O4S. The van der Waals surface area contributed by atoms with Crippen LogP contribution in [0, 0.1) is 0 Å². The number of aryl methyl sites for hydroxylation is 1. The van der Waals surface area contributed by atoms with Crippen LogP contribution in [0.15, 0.2) is 11.1 Å². The Kier molecular flexibility index (Phi) is 5.45. The minimum Gasteiger partial charge on any atom is -0.396 e. The van der Waals surface area contributed by atoms with E-state index in [0.717, 1.165) is 6.26 Å². The summed E-state index contributed by atoms with van der Waals surface area (Å²) in [7, 11) is -3.40. The Balaban J connectivity index is 3.03. The Labute approximate surface area is 106 Å². The van der Waals surface area contributed by atoms with E-state index in [4.69, 9.17) is 10.2 Å². The standard InChI is InChI=1S/C10H17N3O4S/c1-18(16,17)9-7-8(3-2-5-14)10(13-12-9)11-4-6-15/h7,14-15H,2-6H2,1H3,(H,11,13). The van der Waals surface area contributed by atoms with Gasteiger partial charge in [0.15, 0.2) is 20.7 Å². The minimum absolute atomic E-state index is 0.00989. The second-order valence-corrected chi connectivity index (χ2v) is 5.77. The van der Waals surface area contributed by atoms with Crippen molar-refractivity contribution >= 4 is 15.7 Å². The van der Waals surface area contributed by atoms with Crippen molar-refractivity contribution in [1.82, 2.24) is 10.2 Å². The topological polar surface area (TPSA) is 112 Å². The van der Waals surface area contributed by atoms with Crippen LogP contribution in [0.5, 0.6) is 0 Å². The van der Waals surface area contributed by atoms with Gasteiger partial charge >= 0.3 is 0 Å². The summed E-state index contributed by atoms with van der Waals surface area (Å²) in [4.78, 5) is 0. The van der Waals surface area contributed by atoms with Gasteiger partial charge in [-0.05, 0) is 24.5 Å². The molecule has 3 N–H and O–H groups in total. The van der Waals surface area contributed by atoms with Crippen molar-refractivity contribution in [2.24, 2.45) is 0 Å². The smallest absolute Gasteiger partial charge is 0.194 e. The first-order valence-electron chi connectivity index (χ1n) is 5.51. The summed E-state index contributed by atoms with van der Waals surface area (Å²) in [6.07, 6.45) is 2.05.